The molecule has 0 aliphatic heterocycles. The molecule has 1 N–H and O–H groups in total. The van der Waals surface area contributed by atoms with Gasteiger partial charge in [0.2, 0.25) is 0 Å². The van der Waals surface area contributed by atoms with Crippen LogP contribution in [0, 0.1) is 5.82 Å². The van der Waals surface area contributed by atoms with Gasteiger partial charge in [0.25, 0.3) is 0 Å². The number of anilines is 1. The van der Waals surface area contributed by atoms with Crippen LogP contribution in [0.25, 0.3) is 0 Å². The maximum absolute atomic E-state index is 13.0. The van der Waals surface area contributed by atoms with Gasteiger partial charge >= 0.3 is 0 Å². The summed E-state index contributed by atoms with van der Waals surface area (Å²) in [6, 6.07) is 6.41. The van der Waals surface area contributed by atoms with Crippen molar-refractivity contribution in [3.63, 3.8) is 0 Å². The molecule has 3 rings (SSSR count). The minimum Gasteiger partial charge on any atom is -0.366 e. The van der Waals surface area contributed by atoms with E-state index in [2.05, 4.69) is 15.3 Å². The summed E-state index contributed by atoms with van der Waals surface area (Å²) < 4.78 is 13.0. The lowest BCUT2D eigenvalue weighted by Gasteiger charge is -2.17. The summed E-state index contributed by atoms with van der Waals surface area (Å²) in [5, 5.41) is 3.48. The van der Waals surface area contributed by atoms with Crippen molar-refractivity contribution in [3.8, 4) is 0 Å². The van der Waals surface area contributed by atoms with Crippen LogP contribution in [0.15, 0.2) is 24.3 Å². The first-order valence-corrected chi connectivity index (χ1v) is 7.98. The molecule has 0 amide bonds. The first kappa shape index (κ1) is 15.9. The highest BCUT2D eigenvalue weighted by Crippen LogP contribution is 2.39. The Morgan fingerprint density at radius 2 is 2.04 bits per heavy atom. The standard InChI is InChI=1S/C17H17ClFN3O/c1-10(8-11-2-6-13(19)7-3-11)20-17-15(18)14(9-23)21-16(22-17)12-4-5-12/h2-3,6-7,9-10,12H,4-5,8H2,1H3,(H,20,21,22). The van der Waals surface area contributed by atoms with Crippen LogP contribution < -0.4 is 5.32 Å². The zero-order chi connectivity index (χ0) is 16.4. The fourth-order valence-corrected chi connectivity index (χ4v) is 2.62. The number of hydrogen-bond donors (Lipinski definition) is 1. The molecule has 1 aliphatic rings. The number of nitrogens with zero attached hydrogens (tertiary/aromatic N) is 2. The molecule has 1 heterocycles. The van der Waals surface area contributed by atoms with E-state index in [4.69, 9.17) is 11.6 Å². The highest BCUT2D eigenvalue weighted by molar-refractivity contribution is 6.35. The number of carbonyl (C=O) groups excluding carboxylic acids is 1. The molecule has 1 unspecified atom stereocenters. The van der Waals surface area contributed by atoms with Gasteiger partial charge in [0.05, 0.1) is 0 Å². The first-order chi connectivity index (χ1) is 11.1. The van der Waals surface area contributed by atoms with Crippen molar-refractivity contribution in [2.24, 2.45) is 0 Å². The second kappa shape index (κ2) is 6.62. The number of carbonyl (C=O) groups is 1. The fraction of sp³-hybridized carbons (Fsp3) is 0.353. The molecule has 0 radical (unpaired) electrons. The molecule has 0 spiro atoms. The Labute approximate surface area is 139 Å². The number of rotatable bonds is 6. The van der Waals surface area contributed by atoms with E-state index >= 15 is 0 Å². The third-order valence-electron chi connectivity index (χ3n) is 3.79. The van der Waals surface area contributed by atoms with E-state index in [0.717, 1.165) is 18.4 Å². The zero-order valence-corrected chi connectivity index (χ0v) is 13.5. The third kappa shape index (κ3) is 3.85. The Balaban J connectivity index is 1.76. The van der Waals surface area contributed by atoms with Crippen molar-refractivity contribution >= 4 is 23.7 Å². The molecule has 6 heteroatoms. The normalized spacial score (nSPS) is 15.3. The van der Waals surface area contributed by atoms with Crippen molar-refractivity contribution < 1.29 is 9.18 Å². The number of nitrogens with one attached hydrogen (secondary N) is 1. The summed E-state index contributed by atoms with van der Waals surface area (Å²) in [5.74, 6) is 1.24. The average molecular weight is 334 g/mol. The summed E-state index contributed by atoms with van der Waals surface area (Å²) in [5.41, 5.74) is 1.23. The highest BCUT2D eigenvalue weighted by atomic mass is 35.5. The van der Waals surface area contributed by atoms with Crippen LogP contribution in [-0.4, -0.2) is 22.3 Å². The lowest BCUT2D eigenvalue weighted by atomic mass is 10.1. The maximum Gasteiger partial charge on any atom is 0.170 e. The van der Waals surface area contributed by atoms with Crippen LogP contribution in [0.5, 0.6) is 0 Å². The molecule has 1 aliphatic carbocycles. The van der Waals surface area contributed by atoms with Gasteiger partial charge in [-0.25, -0.2) is 14.4 Å². The number of halogens is 2. The highest BCUT2D eigenvalue weighted by Gasteiger charge is 2.28. The Kier molecular flexibility index (Phi) is 4.57. The van der Waals surface area contributed by atoms with Crippen molar-refractivity contribution in [2.75, 3.05) is 5.32 Å². The van der Waals surface area contributed by atoms with Gasteiger partial charge in [0, 0.05) is 12.0 Å². The van der Waals surface area contributed by atoms with Gasteiger partial charge < -0.3 is 5.32 Å². The lowest BCUT2D eigenvalue weighted by molar-refractivity contribution is 0.111. The molecule has 1 atom stereocenters. The van der Waals surface area contributed by atoms with Crippen LogP contribution in [0.4, 0.5) is 10.2 Å². The molecular formula is C17H17ClFN3O. The molecule has 23 heavy (non-hydrogen) atoms. The Morgan fingerprint density at radius 1 is 1.35 bits per heavy atom. The monoisotopic (exact) mass is 333 g/mol. The van der Waals surface area contributed by atoms with Crippen LogP contribution in [0.3, 0.4) is 0 Å². The van der Waals surface area contributed by atoms with Crippen LogP contribution in [-0.2, 0) is 6.42 Å². The first-order valence-electron chi connectivity index (χ1n) is 7.60. The lowest BCUT2D eigenvalue weighted by Crippen LogP contribution is -2.20. The van der Waals surface area contributed by atoms with Gasteiger partial charge in [0.1, 0.15) is 28.2 Å². The van der Waals surface area contributed by atoms with Crippen molar-refractivity contribution in [1.82, 2.24) is 9.97 Å². The molecular weight excluding hydrogens is 317 g/mol. The Morgan fingerprint density at radius 3 is 2.65 bits per heavy atom. The minimum atomic E-state index is -0.252. The molecule has 1 aromatic carbocycles. The summed E-state index contributed by atoms with van der Waals surface area (Å²) in [6.45, 7) is 1.99. The quantitative estimate of drug-likeness (QED) is 0.812. The number of aldehydes is 1. The second-order valence-electron chi connectivity index (χ2n) is 5.90. The predicted molar refractivity (Wildman–Crippen MR) is 87.6 cm³/mol. The molecule has 0 bridgehead atoms. The summed E-state index contributed by atoms with van der Waals surface area (Å²) in [6.07, 6.45) is 3.44. The van der Waals surface area contributed by atoms with E-state index in [0.29, 0.717) is 30.3 Å². The zero-order valence-electron chi connectivity index (χ0n) is 12.7. The van der Waals surface area contributed by atoms with Gasteiger partial charge in [-0.3, -0.25) is 4.79 Å². The number of benzene rings is 1. The minimum absolute atomic E-state index is 0.0272. The van der Waals surface area contributed by atoms with Gasteiger partial charge in [-0.2, -0.15) is 0 Å². The molecule has 4 nitrogen and oxygen atoms in total. The van der Waals surface area contributed by atoms with Crippen molar-refractivity contribution in [1.29, 1.82) is 0 Å². The molecule has 120 valence electrons. The van der Waals surface area contributed by atoms with E-state index < -0.39 is 0 Å². The Bertz CT molecular complexity index is 717. The van der Waals surface area contributed by atoms with E-state index in [1.54, 1.807) is 12.1 Å². The van der Waals surface area contributed by atoms with Gasteiger partial charge in [-0.1, -0.05) is 23.7 Å². The van der Waals surface area contributed by atoms with E-state index in [-0.39, 0.29) is 22.6 Å². The molecule has 1 saturated carbocycles. The third-order valence-corrected chi connectivity index (χ3v) is 4.16. The predicted octanol–water partition coefficient (Wildman–Crippen LogP) is 4.00. The van der Waals surface area contributed by atoms with Crippen molar-refractivity contribution in [3.05, 3.63) is 52.2 Å². The van der Waals surface area contributed by atoms with Gasteiger partial charge in [-0.05, 0) is 43.9 Å². The van der Waals surface area contributed by atoms with Gasteiger partial charge in [-0.15, -0.1) is 0 Å². The van der Waals surface area contributed by atoms with E-state index in [1.165, 1.54) is 12.1 Å². The molecule has 1 fully saturated rings. The molecule has 2 aromatic rings. The topological polar surface area (TPSA) is 54.9 Å². The van der Waals surface area contributed by atoms with Crippen LogP contribution in [0.1, 0.15) is 47.6 Å². The summed E-state index contributed by atoms with van der Waals surface area (Å²) in [7, 11) is 0. The number of hydrogen-bond acceptors (Lipinski definition) is 4. The van der Waals surface area contributed by atoms with Gasteiger partial charge in [0.15, 0.2) is 6.29 Å². The van der Waals surface area contributed by atoms with E-state index in [1.807, 2.05) is 6.92 Å². The largest absolute Gasteiger partial charge is 0.366 e. The fourth-order valence-electron chi connectivity index (χ4n) is 2.44. The maximum atomic E-state index is 13.0. The second-order valence-corrected chi connectivity index (χ2v) is 6.28. The van der Waals surface area contributed by atoms with Crippen LogP contribution >= 0.6 is 11.6 Å². The molecule has 1 aromatic heterocycles. The smallest absolute Gasteiger partial charge is 0.170 e. The van der Waals surface area contributed by atoms with Crippen LogP contribution in [0.2, 0.25) is 5.02 Å². The number of aromatic nitrogens is 2. The SMILES string of the molecule is CC(Cc1ccc(F)cc1)Nc1nc(C2CC2)nc(C=O)c1Cl. The average Bonchev–Trinajstić information content (AvgIpc) is 3.36. The van der Waals surface area contributed by atoms with E-state index in [9.17, 15) is 9.18 Å². The molecule has 0 saturated heterocycles. The summed E-state index contributed by atoms with van der Waals surface area (Å²) >= 11 is 6.21. The van der Waals surface area contributed by atoms with Crippen molar-refractivity contribution in [2.45, 2.75) is 38.1 Å². The summed E-state index contributed by atoms with van der Waals surface area (Å²) in [4.78, 5) is 19.8. The Hall–Kier alpha value is -2.01.